The molecule has 4 rings (SSSR count). The van der Waals surface area contributed by atoms with Gasteiger partial charge >= 0.3 is 0 Å². The van der Waals surface area contributed by atoms with E-state index in [1.54, 1.807) is 4.57 Å². The van der Waals surface area contributed by atoms with Crippen molar-refractivity contribution in [2.45, 2.75) is 39.7 Å². The zero-order chi connectivity index (χ0) is 19.9. The number of nitrogens with zero attached hydrogens (tertiary/aromatic N) is 5. The van der Waals surface area contributed by atoms with E-state index in [1.807, 2.05) is 29.9 Å². The standard InChI is InChI=1S/C21H26IN5O/c1-4-21(2)10-12-26(13-11-21)20-23-18-16(19(28)25(20)3)17(22)24-27(18)14-15-8-6-5-7-9-15/h5-9H,4,10-14H2,1-3H3. The first-order chi connectivity index (χ1) is 13.4. The summed E-state index contributed by atoms with van der Waals surface area (Å²) in [6.07, 6.45) is 3.44. The largest absolute Gasteiger partial charge is 0.342 e. The number of hydrogen-bond acceptors (Lipinski definition) is 4. The van der Waals surface area contributed by atoms with Crippen molar-refractivity contribution >= 4 is 39.6 Å². The van der Waals surface area contributed by atoms with Gasteiger partial charge in [0.15, 0.2) is 5.65 Å². The molecule has 0 N–H and O–H groups in total. The summed E-state index contributed by atoms with van der Waals surface area (Å²) in [5, 5.41) is 5.23. The van der Waals surface area contributed by atoms with Crippen molar-refractivity contribution in [1.29, 1.82) is 0 Å². The third kappa shape index (κ3) is 3.44. The van der Waals surface area contributed by atoms with Gasteiger partial charge in [0.2, 0.25) is 5.95 Å². The Bertz CT molecular complexity index is 1050. The van der Waals surface area contributed by atoms with E-state index in [2.05, 4.69) is 58.6 Å². The maximum atomic E-state index is 13.1. The van der Waals surface area contributed by atoms with Gasteiger partial charge in [0.1, 0.15) is 9.09 Å². The predicted octanol–water partition coefficient (Wildman–Crippen LogP) is 3.80. The first-order valence-corrected chi connectivity index (χ1v) is 10.9. The second kappa shape index (κ2) is 7.50. The molecule has 0 spiro atoms. The van der Waals surface area contributed by atoms with E-state index in [9.17, 15) is 4.79 Å². The molecule has 1 fully saturated rings. The molecule has 1 aliphatic heterocycles. The summed E-state index contributed by atoms with van der Waals surface area (Å²) in [7, 11) is 1.82. The van der Waals surface area contributed by atoms with E-state index >= 15 is 0 Å². The van der Waals surface area contributed by atoms with Crippen LogP contribution in [-0.2, 0) is 13.6 Å². The zero-order valence-corrected chi connectivity index (χ0v) is 18.8. The van der Waals surface area contributed by atoms with Crippen molar-refractivity contribution in [3.05, 3.63) is 49.9 Å². The highest BCUT2D eigenvalue weighted by atomic mass is 127. The Hall–Kier alpha value is -1.90. The molecule has 6 nitrogen and oxygen atoms in total. The Morgan fingerprint density at radius 2 is 1.86 bits per heavy atom. The molecule has 28 heavy (non-hydrogen) atoms. The fourth-order valence-electron chi connectivity index (χ4n) is 3.90. The molecular formula is C21H26IN5O. The summed E-state index contributed by atoms with van der Waals surface area (Å²) < 4.78 is 4.26. The summed E-state index contributed by atoms with van der Waals surface area (Å²) in [6.45, 7) is 7.09. The van der Waals surface area contributed by atoms with Crippen LogP contribution < -0.4 is 10.5 Å². The number of piperidine rings is 1. The Labute approximate surface area is 178 Å². The molecule has 0 radical (unpaired) electrons. The smallest absolute Gasteiger partial charge is 0.266 e. The molecule has 148 valence electrons. The second-order valence-corrected chi connectivity index (χ2v) is 9.08. The van der Waals surface area contributed by atoms with Crippen LogP contribution in [0.25, 0.3) is 11.0 Å². The van der Waals surface area contributed by atoms with Gasteiger partial charge in [-0.25, -0.2) is 4.68 Å². The molecule has 0 bridgehead atoms. The molecule has 0 saturated carbocycles. The maximum Gasteiger partial charge on any atom is 0.266 e. The topological polar surface area (TPSA) is 56.0 Å². The molecule has 3 aromatic rings. The van der Waals surface area contributed by atoms with Gasteiger partial charge in [0.05, 0.1) is 6.54 Å². The lowest BCUT2D eigenvalue weighted by atomic mass is 9.78. The van der Waals surface area contributed by atoms with Crippen LogP contribution in [-0.4, -0.2) is 32.4 Å². The van der Waals surface area contributed by atoms with Crippen LogP contribution in [0.5, 0.6) is 0 Å². The van der Waals surface area contributed by atoms with Crippen LogP contribution in [0, 0.1) is 9.12 Å². The third-order valence-electron chi connectivity index (χ3n) is 6.19. The molecule has 1 saturated heterocycles. The van der Waals surface area contributed by atoms with Crippen molar-refractivity contribution in [3.8, 4) is 0 Å². The fraction of sp³-hybridized carbons (Fsp3) is 0.476. The van der Waals surface area contributed by atoms with E-state index in [-0.39, 0.29) is 5.56 Å². The lowest BCUT2D eigenvalue weighted by Gasteiger charge is -2.39. The minimum absolute atomic E-state index is 0.0208. The minimum Gasteiger partial charge on any atom is -0.342 e. The van der Waals surface area contributed by atoms with Crippen molar-refractivity contribution < 1.29 is 0 Å². The lowest BCUT2D eigenvalue weighted by Crippen LogP contribution is -2.41. The Kier molecular flexibility index (Phi) is 5.20. The van der Waals surface area contributed by atoms with Gasteiger partial charge in [-0.05, 0) is 46.4 Å². The summed E-state index contributed by atoms with van der Waals surface area (Å²) in [6, 6.07) is 10.2. The van der Waals surface area contributed by atoms with Gasteiger partial charge in [-0.1, -0.05) is 50.6 Å². The van der Waals surface area contributed by atoms with Crippen molar-refractivity contribution in [2.24, 2.45) is 12.5 Å². The molecule has 3 heterocycles. The molecule has 0 aliphatic carbocycles. The highest BCUT2D eigenvalue weighted by Crippen LogP contribution is 2.35. The zero-order valence-electron chi connectivity index (χ0n) is 16.7. The molecular weight excluding hydrogens is 465 g/mol. The second-order valence-electron chi connectivity index (χ2n) is 8.06. The minimum atomic E-state index is -0.0208. The number of fused-ring (bicyclic) bond motifs is 1. The lowest BCUT2D eigenvalue weighted by molar-refractivity contribution is 0.236. The SMILES string of the molecule is CCC1(C)CCN(c2nc3c(c(I)nn3Cc3ccccc3)c(=O)n2C)CC1. The first-order valence-electron chi connectivity index (χ1n) is 9.84. The highest BCUT2D eigenvalue weighted by molar-refractivity contribution is 14.1. The van der Waals surface area contributed by atoms with Gasteiger partial charge in [-0.2, -0.15) is 10.1 Å². The summed E-state index contributed by atoms with van der Waals surface area (Å²) in [4.78, 5) is 20.3. The average Bonchev–Trinajstić information content (AvgIpc) is 3.01. The van der Waals surface area contributed by atoms with Crippen LogP contribution >= 0.6 is 22.6 Å². The van der Waals surface area contributed by atoms with Crippen LogP contribution in [0.4, 0.5) is 5.95 Å². The fourth-order valence-corrected chi connectivity index (χ4v) is 4.63. The number of hydrogen-bond donors (Lipinski definition) is 0. The van der Waals surface area contributed by atoms with E-state index in [4.69, 9.17) is 4.98 Å². The highest BCUT2D eigenvalue weighted by Gasteiger charge is 2.30. The number of benzene rings is 1. The average molecular weight is 491 g/mol. The van der Waals surface area contributed by atoms with E-state index in [0.29, 0.717) is 26.7 Å². The van der Waals surface area contributed by atoms with Crippen LogP contribution in [0.1, 0.15) is 38.7 Å². The van der Waals surface area contributed by atoms with E-state index in [0.717, 1.165) is 37.4 Å². The van der Waals surface area contributed by atoms with Gasteiger partial charge in [0.25, 0.3) is 5.56 Å². The summed E-state index contributed by atoms with van der Waals surface area (Å²) in [5.74, 6) is 0.751. The quantitative estimate of drug-likeness (QED) is 0.522. The molecule has 7 heteroatoms. The molecule has 1 aliphatic rings. The molecule has 2 aromatic heterocycles. The number of anilines is 1. The molecule has 1 aromatic carbocycles. The normalized spacial score (nSPS) is 16.6. The molecule has 0 atom stereocenters. The van der Waals surface area contributed by atoms with Crippen molar-refractivity contribution in [2.75, 3.05) is 18.0 Å². The van der Waals surface area contributed by atoms with Gasteiger partial charge in [-0.3, -0.25) is 9.36 Å². The van der Waals surface area contributed by atoms with Gasteiger partial charge in [-0.15, -0.1) is 0 Å². The van der Waals surface area contributed by atoms with Crippen LogP contribution in [0.15, 0.2) is 35.1 Å². The summed E-state index contributed by atoms with van der Waals surface area (Å²) >= 11 is 2.14. The van der Waals surface area contributed by atoms with Gasteiger partial charge in [0, 0.05) is 20.1 Å². The van der Waals surface area contributed by atoms with Crippen molar-refractivity contribution in [3.63, 3.8) is 0 Å². The van der Waals surface area contributed by atoms with Crippen molar-refractivity contribution in [1.82, 2.24) is 19.3 Å². The Morgan fingerprint density at radius 1 is 1.18 bits per heavy atom. The first kappa shape index (κ1) is 19.4. The van der Waals surface area contributed by atoms with E-state index < -0.39 is 0 Å². The monoisotopic (exact) mass is 491 g/mol. The summed E-state index contributed by atoms with van der Waals surface area (Å²) in [5.41, 5.74) is 2.19. The van der Waals surface area contributed by atoms with Gasteiger partial charge < -0.3 is 4.90 Å². The van der Waals surface area contributed by atoms with Crippen LogP contribution in [0.2, 0.25) is 0 Å². The van der Waals surface area contributed by atoms with Crippen LogP contribution in [0.3, 0.4) is 0 Å². The Morgan fingerprint density at radius 3 is 2.50 bits per heavy atom. The maximum absolute atomic E-state index is 13.1. The molecule has 0 amide bonds. The number of rotatable bonds is 4. The number of halogens is 1. The predicted molar refractivity (Wildman–Crippen MR) is 121 cm³/mol. The molecule has 0 unspecified atom stereocenters. The third-order valence-corrected chi connectivity index (χ3v) is 6.94. The number of aromatic nitrogens is 4. The van der Waals surface area contributed by atoms with E-state index in [1.165, 1.54) is 6.42 Å². The Balaban J connectivity index is 1.75.